The van der Waals surface area contributed by atoms with Crippen molar-refractivity contribution in [1.82, 2.24) is 9.78 Å². The zero-order valence-electron chi connectivity index (χ0n) is 7.66. The molecule has 0 aliphatic heterocycles. The van der Waals surface area contributed by atoms with Crippen LogP contribution in [0.3, 0.4) is 0 Å². The molecule has 5 nitrogen and oxygen atoms in total. The van der Waals surface area contributed by atoms with Gasteiger partial charge in [-0.2, -0.15) is 5.10 Å². The van der Waals surface area contributed by atoms with Crippen LogP contribution in [0.2, 0.25) is 0 Å². The Hall–Kier alpha value is -1.39. The highest BCUT2D eigenvalue weighted by atomic mass is 16.8. The zero-order chi connectivity index (χ0) is 9.30. The van der Waals surface area contributed by atoms with Crippen molar-refractivity contribution in [2.24, 2.45) is 7.05 Å². The second-order valence-corrected chi connectivity index (χ2v) is 2.58. The highest BCUT2D eigenvalue weighted by Crippen LogP contribution is 2.20. The van der Waals surface area contributed by atoms with E-state index in [1.54, 1.807) is 18.7 Å². The first-order valence-corrected chi connectivity index (χ1v) is 3.59. The molecular formula is C7H12N3O2+. The average molecular weight is 170 g/mol. The third-order valence-corrected chi connectivity index (χ3v) is 1.82. The molecule has 0 bridgehead atoms. The fourth-order valence-corrected chi connectivity index (χ4v) is 1.12. The topological polar surface area (TPSA) is 47.1 Å². The SMILES string of the molecule is CO[N+](=O)c1c(C)nn(C)c1C. The second-order valence-electron chi connectivity index (χ2n) is 2.58. The zero-order valence-corrected chi connectivity index (χ0v) is 7.66. The number of hydrogen-bond acceptors (Lipinski definition) is 3. The molecule has 1 aromatic rings. The van der Waals surface area contributed by atoms with Gasteiger partial charge in [0.15, 0.2) is 7.11 Å². The van der Waals surface area contributed by atoms with Crippen LogP contribution in [0.4, 0.5) is 5.69 Å². The minimum atomic E-state index is 0.470. The quantitative estimate of drug-likeness (QED) is 0.622. The van der Waals surface area contributed by atoms with Crippen molar-refractivity contribution < 1.29 is 9.76 Å². The third-order valence-electron chi connectivity index (χ3n) is 1.82. The van der Waals surface area contributed by atoms with Crippen LogP contribution in [0, 0.1) is 18.8 Å². The van der Waals surface area contributed by atoms with Crippen molar-refractivity contribution in [2.75, 3.05) is 7.11 Å². The lowest BCUT2D eigenvalue weighted by Crippen LogP contribution is -2.00. The molecule has 0 aliphatic carbocycles. The third kappa shape index (κ3) is 1.17. The Labute approximate surface area is 70.5 Å². The van der Waals surface area contributed by atoms with E-state index in [-0.39, 0.29) is 0 Å². The molecule has 0 amide bonds. The van der Waals surface area contributed by atoms with Gasteiger partial charge in [0.1, 0.15) is 11.4 Å². The fourth-order valence-electron chi connectivity index (χ4n) is 1.12. The summed E-state index contributed by atoms with van der Waals surface area (Å²) in [6.07, 6.45) is 0. The van der Waals surface area contributed by atoms with Crippen LogP contribution in [0.15, 0.2) is 0 Å². The maximum atomic E-state index is 11.1. The van der Waals surface area contributed by atoms with E-state index in [1.165, 1.54) is 7.11 Å². The lowest BCUT2D eigenvalue weighted by atomic mass is 10.3. The minimum absolute atomic E-state index is 0.470. The first kappa shape index (κ1) is 8.70. The van der Waals surface area contributed by atoms with Gasteiger partial charge in [-0.15, -0.1) is 0 Å². The van der Waals surface area contributed by atoms with Crippen molar-refractivity contribution >= 4 is 5.69 Å². The molecule has 66 valence electrons. The molecule has 0 N–H and O–H groups in total. The summed E-state index contributed by atoms with van der Waals surface area (Å²) >= 11 is 0. The first-order chi connectivity index (χ1) is 5.57. The van der Waals surface area contributed by atoms with Gasteiger partial charge in [0.2, 0.25) is 0 Å². The van der Waals surface area contributed by atoms with Crippen LogP contribution in [-0.2, 0) is 11.9 Å². The number of aromatic nitrogens is 2. The summed E-state index contributed by atoms with van der Waals surface area (Å²) in [6, 6.07) is 0. The molecule has 0 aliphatic rings. The minimum Gasteiger partial charge on any atom is -0.265 e. The maximum absolute atomic E-state index is 11.1. The van der Waals surface area contributed by atoms with Crippen LogP contribution in [0.5, 0.6) is 0 Å². The Bertz CT molecular complexity index is 317. The number of aryl methyl sites for hydroxylation is 2. The molecule has 1 aromatic heterocycles. The van der Waals surface area contributed by atoms with Gasteiger partial charge in [-0.25, -0.2) is 4.84 Å². The van der Waals surface area contributed by atoms with Crippen molar-refractivity contribution in [2.45, 2.75) is 13.8 Å². The van der Waals surface area contributed by atoms with E-state index in [1.807, 2.05) is 6.92 Å². The normalized spacial score (nSPS) is 10.0. The molecule has 0 saturated carbocycles. The Morgan fingerprint density at radius 3 is 2.42 bits per heavy atom. The van der Waals surface area contributed by atoms with E-state index >= 15 is 0 Å². The molecular weight excluding hydrogens is 158 g/mol. The summed E-state index contributed by atoms with van der Waals surface area (Å²) in [5.74, 6) is 0. The van der Waals surface area contributed by atoms with Crippen molar-refractivity contribution in [3.05, 3.63) is 16.3 Å². The molecule has 1 heterocycles. The predicted octanol–water partition coefficient (Wildman–Crippen LogP) is 1.01. The molecule has 0 radical (unpaired) electrons. The van der Waals surface area contributed by atoms with Crippen molar-refractivity contribution in [1.29, 1.82) is 0 Å². The molecule has 0 fully saturated rings. The number of rotatable bonds is 2. The van der Waals surface area contributed by atoms with Crippen molar-refractivity contribution in [3.63, 3.8) is 0 Å². The van der Waals surface area contributed by atoms with E-state index < -0.39 is 0 Å². The van der Waals surface area contributed by atoms with E-state index in [2.05, 4.69) is 9.94 Å². The molecule has 0 spiro atoms. The van der Waals surface area contributed by atoms with Gasteiger partial charge in [0, 0.05) is 7.05 Å². The molecule has 0 unspecified atom stereocenters. The lowest BCUT2D eigenvalue weighted by molar-refractivity contribution is -0.737. The Balaban J connectivity index is 3.22. The van der Waals surface area contributed by atoms with Crippen LogP contribution < -0.4 is 0 Å². The number of hydrogen-bond donors (Lipinski definition) is 0. The second kappa shape index (κ2) is 2.92. The fraction of sp³-hybridized carbons (Fsp3) is 0.571. The molecule has 0 atom stereocenters. The highest BCUT2D eigenvalue weighted by molar-refractivity contribution is 5.38. The Kier molecular flexibility index (Phi) is 2.12. The van der Waals surface area contributed by atoms with Crippen LogP contribution >= 0.6 is 0 Å². The lowest BCUT2D eigenvalue weighted by Gasteiger charge is -1.89. The van der Waals surface area contributed by atoms with E-state index in [4.69, 9.17) is 0 Å². The molecule has 5 heteroatoms. The smallest absolute Gasteiger partial charge is 0.265 e. The standard InChI is InChI=1S/C7H12N3O2/c1-5-7(10(11)12-4)6(2)9(3)8-5/h1-4H3/q+1. The molecule has 0 saturated heterocycles. The highest BCUT2D eigenvalue weighted by Gasteiger charge is 2.26. The summed E-state index contributed by atoms with van der Waals surface area (Å²) in [5, 5.41) is 4.07. The summed E-state index contributed by atoms with van der Waals surface area (Å²) in [4.78, 5) is 16.1. The Morgan fingerprint density at radius 1 is 1.50 bits per heavy atom. The summed E-state index contributed by atoms with van der Waals surface area (Å²) in [6.45, 7) is 3.59. The molecule has 1 rings (SSSR count). The van der Waals surface area contributed by atoms with Crippen molar-refractivity contribution in [3.8, 4) is 0 Å². The van der Waals surface area contributed by atoms with Crippen LogP contribution in [-0.4, -0.2) is 21.8 Å². The largest absolute Gasteiger partial charge is 0.359 e. The van der Waals surface area contributed by atoms with E-state index in [0.717, 1.165) is 5.69 Å². The van der Waals surface area contributed by atoms with Crippen LogP contribution in [0.1, 0.15) is 11.4 Å². The van der Waals surface area contributed by atoms with Gasteiger partial charge in [-0.1, -0.05) is 0 Å². The summed E-state index contributed by atoms with van der Waals surface area (Å²) in [7, 11) is 3.12. The van der Waals surface area contributed by atoms with Gasteiger partial charge in [0.25, 0.3) is 4.92 Å². The van der Waals surface area contributed by atoms with Gasteiger partial charge in [0.05, 0.1) is 4.91 Å². The average Bonchev–Trinajstić information content (AvgIpc) is 2.26. The Morgan fingerprint density at radius 2 is 2.08 bits per heavy atom. The van der Waals surface area contributed by atoms with Gasteiger partial charge < -0.3 is 0 Å². The number of nitrogens with zero attached hydrogens (tertiary/aromatic N) is 3. The molecule has 0 aromatic carbocycles. The van der Waals surface area contributed by atoms with E-state index in [9.17, 15) is 4.91 Å². The maximum Gasteiger partial charge on any atom is 0.359 e. The van der Waals surface area contributed by atoms with Crippen LogP contribution in [0.25, 0.3) is 0 Å². The summed E-state index contributed by atoms with van der Waals surface area (Å²) < 4.78 is 1.65. The van der Waals surface area contributed by atoms with E-state index in [0.29, 0.717) is 16.3 Å². The van der Waals surface area contributed by atoms with Gasteiger partial charge in [-0.3, -0.25) is 4.68 Å². The monoisotopic (exact) mass is 170 g/mol. The predicted molar refractivity (Wildman–Crippen MR) is 43.0 cm³/mol. The van der Waals surface area contributed by atoms with Gasteiger partial charge in [-0.05, 0) is 13.8 Å². The van der Waals surface area contributed by atoms with Gasteiger partial charge >= 0.3 is 5.69 Å². The molecule has 12 heavy (non-hydrogen) atoms. The first-order valence-electron chi connectivity index (χ1n) is 3.59. The summed E-state index contributed by atoms with van der Waals surface area (Å²) in [5.41, 5.74) is 1.95.